The second-order valence-electron chi connectivity index (χ2n) is 14.1. The van der Waals surface area contributed by atoms with E-state index in [1.54, 1.807) is 0 Å². The molecule has 3 atom stereocenters. The zero-order valence-electron chi connectivity index (χ0n) is 29.7. The van der Waals surface area contributed by atoms with E-state index in [-0.39, 0.29) is 5.92 Å². The molecule has 0 fully saturated rings. The standard InChI is InChI=1S/C52H41N/c1-2-37(45-24-22-43-20-18-41-13-6-8-16-49(41)51(43)35-45)15-10-34-53(47-30-26-39(27-31-47)38-11-4-3-5-12-38)48-32-28-40(29-33-48)46-25-23-44-21-19-42-14-7-9-17-50(42)52(44)36-46/h2-14,16-37,43,51H,1,15H2/b34-10+. The summed E-state index contributed by atoms with van der Waals surface area (Å²) in [6, 6.07) is 57.1. The van der Waals surface area contributed by atoms with E-state index in [1.165, 1.54) is 60.5 Å². The van der Waals surface area contributed by atoms with E-state index in [0.717, 1.165) is 17.8 Å². The van der Waals surface area contributed by atoms with Gasteiger partial charge in [0.15, 0.2) is 0 Å². The van der Waals surface area contributed by atoms with E-state index in [4.69, 9.17) is 0 Å². The van der Waals surface area contributed by atoms with Crippen LogP contribution in [0.5, 0.6) is 0 Å². The minimum atomic E-state index is 0.218. The van der Waals surface area contributed by atoms with E-state index in [2.05, 4.69) is 218 Å². The highest BCUT2D eigenvalue weighted by Gasteiger charge is 2.26. The number of benzene rings is 7. The Bertz CT molecular complexity index is 2550. The van der Waals surface area contributed by atoms with E-state index < -0.39 is 0 Å². The van der Waals surface area contributed by atoms with Crippen molar-refractivity contribution < 1.29 is 0 Å². The molecule has 0 saturated carbocycles. The first-order valence-electron chi connectivity index (χ1n) is 18.6. The smallest absolute Gasteiger partial charge is 0.0455 e. The van der Waals surface area contributed by atoms with Crippen LogP contribution in [0.2, 0.25) is 0 Å². The number of rotatable bonds is 9. The lowest BCUT2D eigenvalue weighted by Crippen LogP contribution is -2.16. The van der Waals surface area contributed by atoms with Gasteiger partial charge >= 0.3 is 0 Å². The van der Waals surface area contributed by atoms with Crippen LogP contribution in [0.3, 0.4) is 0 Å². The maximum atomic E-state index is 4.28. The first-order chi connectivity index (χ1) is 26.2. The van der Waals surface area contributed by atoms with Crippen molar-refractivity contribution >= 4 is 39.0 Å². The fraction of sp³-hybridized carbons (Fsp3) is 0.0769. The SMILES string of the molecule is C=CC(C/C=C/N(c1ccc(-c2ccccc2)cc1)c1ccc(-c2ccc3ccc4ccccc4c3c2)cc1)C1=CC2c3ccccc3C=CC2C=C1. The van der Waals surface area contributed by atoms with Crippen molar-refractivity contribution in [2.45, 2.75) is 12.3 Å². The van der Waals surface area contributed by atoms with Gasteiger partial charge in [-0.25, -0.2) is 0 Å². The van der Waals surface area contributed by atoms with Gasteiger partial charge in [0.05, 0.1) is 0 Å². The summed E-state index contributed by atoms with van der Waals surface area (Å²) in [5.41, 5.74) is 11.1. The largest absolute Gasteiger partial charge is 0.318 e. The van der Waals surface area contributed by atoms with Crippen LogP contribution in [0.4, 0.5) is 11.4 Å². The van der Waals surface area contributed by atoms with Gasteiger partial charge in [0.2, 0.25) is 0 Å². The van der Waals surface area contributed by atoms with Gasteiger partial charge in [-0.3, -0.25) is 0 Å². The quantitative estimate of drug-likeness (QED) is 0.108. The highest BCUT2D eigenvalue weighted by molar-refractivity contribution is 6.08. The Balaban J connectivity index is 1.02. The Labute approximate surface area is 312 Å². The third kappa shape index (κ3) is 6.47. The number of hydrogen-bond donors (Lipinski definition) is 0. The van der Waals surface area contributed by atoms with E-state index >= 15 is 0 Å². The first kappa shape index (κ1) is 32.5. The van der Waals surface area contributed by atoms with Crippen LogP contribution in [0.15, 0.2) is 213 Å². The molecule has 0 aromatic heterocycles. The van der Waals surface area contributed by atoms with E-state index in [9.17, 15) is 0 Å². The Kier molecular flexibility index (Phi) is 8.75. The molecule has 0 radical (unpaired) electrons. The van der Waals surface area contributed by atoms with E-state index in [0.29, 0.717) is 11.8 Å². The molecule has 53 heavy (non-hydrogen) atoms. The second kappa shape index (κ2) is 14.3. The molecule has 2 aliphatic carbocycles. The van der Waals surface area contributed by atoms with Crippen LogP contribution in [0.1, 0.15) is 23.5 Å². The molecule has 0 spiro atoms. The van der Waals surface area contributed by atoms with Crippen LogP contribution in [-0.4, -0.2) is 0 Å². The fourth-order valence-corrected chi connectivity index (χ4v) is 8.07. The molecule has 7 aromatic carbocycles. The number of anilines is 2. The van der Waals surface area contributed by atoms with Gasteiger partial charge in [0.25, 0.3) is 0 Å². The van der Waals surface area contributed by atoms with Crippen molar-refractivity contribution in [2.24, 2.45) is 11.8 Å². The average Bonchev–Trinajstić information content (AvgIpc) is 3.24. The zero-order chi connectivity index (χ0) is 35.6. The average molecular weight is 680 g/mol. The lowest BCUT2D eigenvalue weighted by atomic mass is 9.74. The Morgan fingerprint density at radius 2 is 1.17 bits per heavy atom. The minimum absolute atomic E-state index is 0.218. The molecule has 2 aliphatic rings. The Morgan fingerprint density at radius 1 is 0.566 bits per heavy atom. The van der Waals surface area contributed by atoms with Crippen LogP contribution in [0.25, 0.3) is 49.9 Å². The minimum Gasteiger partial charge on any atom is -0.318 e. The summed E-state index contributed by atoms with van der Waals surface area (Å²) in [7, 11) is 0. The van der Waals surface area contributed by atoms with Crippen molar-refractivity contribution in [3.8, 4) is 22.3 Å². The van der Waals surface area contributed by atoms with Crippen molar-refractivity contribution in [1.82, 2.24) is 0 Å². The van der Waals surface area contributed by atoms with Crippen molar-refractivity contribution in [2.75, 3.05) is 4.90 Å². The number of allylic oxidation sites excluding steroid dienone is 7. The molecule has 0 amide bonds. The molecule has 254 valence electrons. The summed E-state index contributed by atoms with van der Waals surface area (Å²) in [4.78, 5) is 2.30. The topological polar surface area (TPSA) is 3.24 Å². The highest BCUT2D eigenvalue weighted by atomic mass is 15.1. The van der Waals surface area contributed by atoms with Gasteiger partial charge in [0.1, 0.15) is 0 Å². The summed E-state index contributed by atoms with van der Waals surface area (Å²) in [5, 5.41) is 5.10. The van der Waals surface area contributed by atoms with Crippen LogP contribution in [-0.2, 0) is 0 Å². The molecule has 7 aromatic rings. The van der Waals surface area contributed by atoms with Crippen molar-refractivity contribution in [3.63, 3.8) is 0 Å². The predicted molar refractivity (Wildman–Crippen MR) is 227 cm³/mol. The summed E-state index contributed by atoms with van der Waals surface area (Å²) in [5.74, 6) is 0.984. The number of hydrogen-bond acceptors (Lipinski definition) is 1. The maximum absolute atomic E-state index is 4.28. The molecule has 1 heteroatoms. The summed E-state index contributed by atoms with van der Waals surface area (Å²) in [6.45, 7) is 4.28. The normalized spacial score (nSPS) is 16.6. The number of fused-ring (bicyclic) bond motifs is 6. The molecule has 3 unspecified atom stereocenters. The predicted octanol–water partition coefficient (Wildman–Crippen LogP) is 14.1. The maximum Gasteiger partial charge on any atom is 0.0455 e. The molecule has 0 bridgehead atoms. The fourth-order valence-electron chi connectivity index (χ4n) is 8.07. The molecule has 0 heterocycles. The van der Waals surface area contributed by atoms with Gasteiger partial charge in [-0.1, -0.05) is 170 Å². The molecule has 0 aliphatic heterocycles. The van der Waals surface area contributed by atoms with Crippen molar-refractivity contribution in [3.05, 3.63) is 224 Å². The molecule has 0 saturated heterocycles. The lowest BCUT2D eigenvalue weighted by Gasteiger charge is -2.30. The second-order valence-corrected chi connectivity index (χ2v) is 14.1. The van der Waals surface area contributed by atoms with Gasteiger partial charge < -0.3 is 4.90 Å². The molecule has 0 N–H and O–H groups in total. The third-order valence-electron chi connectivity index (χ3n) is 11.0. The lowest BCUT2D eigenvalue weighted by molar-refractivity contribution is 0.664. The van der Waals surface area contributed by atoms with Crippen LogP contribution in [0, 0.1) is 11.8 Å². The van der Waals surface area contributed by atoms with Crippen molar-refractivity contribution in [1.29, 1.82) is 0 Å². The monoisotopic (exact) mass is 679 g/mol. The van der Waals surface area contributed by atoms with Gasteiger partial charge in [-0.05, 0) is 97.3 Å². The summed E-state index contributed by atoms with van der Waals surface area (Å²) < 4.78 is 0. The van der Waals surface area contributed by atoms with E-state index in [1.807, 2.05) is 0 Å². The number of nitrogens with zero attached hydrogens (tertiary/aromatic N) is 1. The van der Waals surface area contributed by atoms with Crippen LogP contribution < -0.4 is 4.90 Å². The van der Waals surface area contributed by atoms with Gasteiger partial charge in [0, 0.05) is 35.3 Å². The summed E-state index contributed by atoms with van der Waals surface area (Å²) in [6.07, 6.45) is 19.3. The van der Waals surface area contributed by atoms with Gasteiger partial charge in [-0.2, -0.15) is 0 Å². The molecular weight excluding hydrogens is 639 g/mol. The first-order valence-corrected chi connectivity index (χ1v) is 18.6. The highest BCUT2D eigenvalue weighted by Crippen LogP contribution is 2.41. The third-order valence-corrected chi connectivity index (χ3v) is 11.0. The Morgan fingerprint density at radius 3 is 1.94 bits per heavy atom. The molecular formula is C52H41N. The zero-order valence-corrected chi connectivity index (χ0v) is 29.7. The summed E-state index contributed by atoms with van der Waals surface area (Å²) >= 11 is 0. The van der Waals surface area contributed by atoms with Gasteiger partial charge in [-0.15, -0.1) is 6.58 Å². The Hall–Kier alpha value is -6.44. The van der Waals surface area contributed by atoms with Crippen LogP contribution >= 0.6 is 0 Å². The molecule has 1 nitrogen and oxygen atoms in total. The molecule has 9 rings (SSSR count).